The molecule has 3 aromatic rings. The van der Waals surface area contributed by atoms with E-state index in [2.05, 4.69) is 21.2 Å². The van der Waals surface area contributed by atoms with Crippen molar-refractivity contribution in [2.45, 2.75) is 20.1 Å². The van der Waals surface area contributed by atoms with E-state index in [4.69, 9.17) is 32.7 Å². The molecule has 3 rings (SSSR count). The first-order valence-electron chi connectivity index (χ1n) is 9.30. The van der Waals surface area contributed by atoms with Crippen molar-refractivity contribution in [2.75, 3.05) is 12.4 Å². The molecule has 0 bridgehead atoms. The van der Waals surface area contributed by atoms with E-state index in [9.17, 15) is 9.90 Å². The van der Waals surface area contributed by atoms with Gasteiger partial charge in [0.25, 0.3) is 0 Å². The molecular formula is C23H20BrCl2NO4. The van der Waals surface area contributed by atoms with Gasteiger partial charge in [-0.05, 0) is 54.4 Å². The summed E-state index contributed by atoms with van der Waals surface area (Å²) >= 11 is 15.7. The topological polar surface area (TPSA) is 67.8 Å². The number of benzene rings is 3. The molecule has 0 aliphatic heterocycles. The van der Waals surface area contributed by atoms with Crippen LogP contribution in [-0.2, 0) is 13.2 Å². The number of nitrogens with one attached hydrogen (secondary N) is 1. The van der Waals surface area contributed by atoms with Gasteiger partial charge < -0.3 is 19.9 Å². The summed E-state index contributed by atoms with van der Waals surface area (Å²) in [6.07, 6.45) is 0. The number of carboxylic acid groups (broad SMARTS) is 1. The second-order valence-electron chi connectivity index (χ2n) is 6.73. The van der Waals surface area contributed by atoms with Crippen LogP contribution in [0.3, 0.4) is 0 Å². The molecule has 0 fully saturated rings. The highest BCUT2D eigenvalue weighted by Crippen LogP contribution is 2.38. The van der Waals surface area contributed by atoms with Crippen molar-refractivity contribution < 1.29 is 19.4 Å². The Balaban J connectivity index is 1.87. The summed E-state index contributed by atoms with van der Waals surface area (Å²) < 4.78 is 12.4. The molecule has 0 radical (unpaired) electrons. The van der Waals surface area contributed by atoms with Crippen LogP contribution in [0.5, 0.6) is 11.5 Å². The van der Waals surface area contributed by atoms with Crippen LogP contribution in [0, 0.1) is 6.92 Å². The fourth-order valence-electron chi connectivity index (χ4n) is 3.09. The molecule has 2 N–H and O–H groups in total. The number of hydrogen-bond donors (Lipinski definition) is 2. The number of halogens is 3. The number of aromatic carboxylic acids is 1. The van der Waals surface area contributed by atoms with Crippen LogP contribution < -0.4 is 14.8 Å². The van der Waals surface area contributed by atoms with Gasteiger partial charge in [-0.2, -0.15) is 0 Å². The minimum atomic E-state index is -0.964. The van der Waals surface area contributed by atoms with Crippen LogP contribution in [-0.4, -0.2) is 18.2 Å². The lowest BCUT2D eigenvalue weighted by Crippen LogP contribution is -2.08. The van der Waals surface area contributed by atoms with E-state index >= 15 is 0 Å². The van der Waals surface area contributed by atoms with Crippen LogP contribution in [0.2, 0.25) is 10.0 Å². The van der Waals surface area contributed by atoms with E-state index in [1.165, 1.54) is 0 Å². The first-order chi connectivity index (χ1) is 14.8. The van der Waals surface area contributed by atoms with Crippen molar-refractivity contribution in [1.82, 2.24) is 0 Å². The SMILES string of the molecule is COc1ccc(Br)c(CNc2cccc(C(=O)O)c2C)c1OCc1ccc(Cl)c(Cl)c1. The molecule has 0 aromatic heterocycles. The third-order valence-corrected chi connectivity index (χ3v) is 6.26. The van der Waals surface area contributed by atoms with Crippen LogP contribution in [0.4, 0.5) is 5.69 Å². The molecule has 0 aliphatic carbocycles. The number of carboxylic acids is 1. The first kappa shape index (κ1) is 23.3. The van der Waals surface area contributed by atoms with Crippen molar-refractivity contribution in [3.63, 3.8) is 0 Å². The molecule has 0 aliphatic rings. The van der Waals surface area contributed by atoms with E-state index < -0.39 is 5.97 Å². The van der Waals surface area contributed by atoms with Gasteiger partial charge in [-0.25, -0.2) is 4.79 Å². The Bertz CT molecular complexity index is 1120. The fraction of sp³-hybridized carbons (Fsp3) is 0.174. The van der Waals surface area contributed by atoms with Gasteiger partial charge in [-0.15, -0.1) is 0 Å². The lowest BCUT2D eigenvalue weighted by molar-refractivity contribution is 0.0696. The molecule has 8 heteroatoms. The van der Waals surface area contributed by atoms with Crippen LogP contribution in [0.1, 0.15) is 27.0 Å². The molecule has 162 valence electrons. The van der Waals surface area contributed by atoms with Gasteiger partial charge in [0.1, 0.15) is 6.61 Å². The lowest BCUT2D eigenvalue weighted by atomic mass is 10.1. The first-order valence-corrected chi connectivity index (χ1v) is 10.9. The Kier molecular flexibility index (Phi) is 7.70. The normalized spacial score (nSPS) is 10.6. The molecule has 31 heavy (non-hydrogen) atoms. The van der Waals surface area contributed by atoms with Crippen LogP contribution in [0.15, 0.2) is 53.0 Å². The minimum Gasteiger partial charge on any atom is -0.493 e. The molecule has 0 atom stereocenters. The number of anilines is 1. The zero-order valence-electron chi connectivity index (χ0n) is 16.8. The maximum atomic E-state index is 11.4. The van der Waals surface area contributed by atoms with E-state index in [1.54, 1.807) is 38.3 Å². The summed E-state index contributed by atoms with van der Waals surface area (Å²) in [5.41, 5.74) is 3.34. The number of methoxy groups -OCH3 is 1. The average Bonchev–Trinajstić information content (AvgIpc) is 2.74. The summed E-state index contributed by atoms with van der Waals surface area (Å²) in [4.78, 5) is 11.4. The Morgan fingerprint density at radius 2 is 1.90 bits per heavy atom. The molecule has 0 spiro atoms. The number of hydrogen-bond acceptors (Lipinski definition) is 4. The molecule has 3 aromatic carbocycles. The van der Waals surface area contributed by atoms with Crippen LogP contribution in [0.25, 0.3) is 0 Å². The summed E-state index contributed by atoms with van der Waals surface area (Å²) in [7, 11) is 1.58. The molecule has 0 heterocycles. The maximum Gasteiger partial charge on any atom is 0.336 e. The van der Waals surface area contributed by atoms with Crippen molar-refractivity contribution in [3.05, 3.63) is 85.3 Å². The zero-order valence-corrected chi connectivity index (χ0v) is 19.9. The van der Waals surface area contributed by atoms with Gasteiger partial charge in [-0.1, -0.05) is 51.3 Å². The molecule has 5 nitrogen and oxygen atoms in total. The maximum absolute atomic E-state index is 11.4. The summed E-state index contributed by atoms with van der Waals surface area (Å²) in [6, 6.07) is 14.1. The van der Waals surface area contributed by atoms with E-state index in [1.807, 2.05) is 24.3 Å². The Morgan fingerprint density at radius 1 is 1.13 bits per heavy atom. The number of ether oxygens (including phenoxy) is 2. The molecule has 0 unspecified atom stereocenters. The van der Waals surface area contributed by atoms with E-state index in [0.717, 1.165) is 21.3 Å². The minimum absolute atomic E-state index is 0.255. The third kappa shape index (κ3) is 5.45. The number of rotatable bonds is 8. The lowest BCUT2D eigenvalue weighted by Gasteiger charge is -2.18. The van der Waals surface area contributed by atoms with E-state index in [-0.39, 0.29) is 12.2 Å². The Labute approximate surface area is 199 Å². The van der Waals surface area contributed by atoms with Crippen LogP contribution >= 0.6 is 39.1 Å². The van der Waals surface area contributed by atoms with Gasteiger partial charge >= 0.3 is 5.97 Å². The van der Waals surface area contributed by atoms with Gasteiger partial charge in [0.15, 0.2) is 11.5 Å². The second kappa shape index (κ2) is 10.3. The number of carbonyl (C=O) groups is 1. The molecule has 0 saturated carbocycles. The summed E-state index contributed by atoms with van der Waals surface area (Å²) in [5.74, 6) is 0.188. The van der Waals surface area contributed by atoms with Crippen molar-refractivity contribution in [3.8, 4) is 11.5 Å². The van der Waals surface area contributed by atoms with E-state index in [0.29, 0.717) is 33.7 Å². The zero-order chi connectivity index (χ0) is 22.5. The van der Waals surface area contributed by atoms with Gasteiger partial charge in [0.2, 0.25) is 0 Å². The van der Waals surface area contributed by atoms with Crippen molar-refractivity contribution in [2.24, 2.45) is 0 Å². The standard InChI is InChI=1S/C23H20BrCl2NO4/c1-13-15(23(28)29)4-3-5-20(13)27-11-16-17(24)7-9-21(30-2)22(16)31-12-14-6-8-18(25)19(26)10-14/h3-10,27H,11-12H2,1-2H3,(H,28,29). The van der Waals surface area contributed by atoms with Gasteiger partial charge in [0.05, 0.1) is 22.7 Å². The molecular weight excluding hydrogens is 505 g/mol. The van der Waals surface area contributed by atoms with Gasteiger partial charge in [-0.3, -0.25) is 0 Å². The predicted octanol–water partition coefficient (Wildman–Crippen LogP) is 6.96. The molecule has 0 saturated heterocycles. The van der Waals surface area contributed by atoms with Gasteiger partial charge in [0, 0.05) is 22.3 Å². The monoisotopic (exact) mass is 523 g/mol. The highest BCUT2D eigenvalue weighted by atomic mass is 79.9. The second-order valence-corrected chi connectivity index (χ2v) is 8.40. The smallest absolute Gasteiger partial charge is 0.336 e. The Morgan fingerprint density at radius 3 is 2.58 bits per heavy atom. The quantitative estimate of drug-likeness (QED) is 0.333. The fourth-order valence-corrected chi connectivity index (χ4v) is 3.87. The largest absolute Gasteiger partial charge is 0.493 e. The van der Waals surface area contributed by atoms with Crippen molar-refractivity contribution >= 4 is 50.8 Å². The summed E-state index contributed by atoms with van der Waals surface area (Å²) in [5, 5.41) is 13.6. The highest BCUT2D eigenvalue weighted by Gasteiger charge is 2.16. The third-order valence-electron chi connectivity index (χ3n) is 4.77. The Hall–Kier alpha value is -2.41. The average molecular weight is 525 g/mol. The summed E-state index contributed by atoms with van der Waals surface area (Å²) in [6.45, 7) is 2.43. The van der Waals surface area contributed by atoms with Crippen molar-refractivity contribution in [1.29, 1.82) is 0 Å². The predicted molar refractivity (Wildman–Crippen MR) is 127 cm³/mol. The molecule has 0 amide bonds. The highest BCUT2D eigenvalue weighted by molar-refractivity contribution is 9.10.